The van der Waals surface area contributed by atoms with Crippen molar-refractivity contribution in [3.8, 4) is 0 Å². The van der Waals surface area contributed by atoms with Crippen LogP contribution >= 0.6 is 0 Å². The van der Waals surface area contributed by atoms with Gasteiger partial charge in [0.05, 0.1) is 12.2 Å². The molecule has 0 fully saturated rings. The van der Waals surface area contributed by atoms with Gasteiger partial charge in [-0.1, -0.05) is 0 Å². The first-order valence-electron chi connectivity index (χ1n) is 5.16. The molecule has 18 heavy (non-hydrogen) atoms. The first kappa shape index (κ1) is 14.1. The molecule has 6 heteroatoms. The topological polar surface area (TPSA) is 52.3 Å². The first-order chi connectivity index (χ1) is 8.34. The zero-order valence-electron chi connectivity index (χ0n) is 9.62. The molecule has 0 aliphatic heterocycles. The van der Waals surface area contributed by atoms with Crippen molar-refractivity contribution in [3.63, 3.8) is 0 Å². The van der Waals surface area contributed by atoms with E-state index in [0.717, 1.165) is 24.3 Å². The molecule has 0 spiro atoms. The van der Waals surface area contributed by atoms with E-state index in [2.05, 4.69) is 4.74 Å². The standard InChI is InChI=1S/C12H12F3NO2/c1-2-18-11(17)6-3-8-7-9(12(13,14)15)4-5-10(8)16/h3-7H,2,16H2,1H3. The van der Waals surface area contributed by atoms with Crippen molar-refractivity contribution < 1.29 is 22.7 Å². The fraction of sp³-hybridized carbons (Fsp3) is 0.250. The molecular weight excluding hydrogens is 247 g/mol. The summed E-state index contributed by atoms with van der Waals surface area (Å²) < 4.78 is 42.0. The molecule has 1 aromatic carbocycles. The summed E-state index contributed by atoms with van der Waals surface area (Å²) in [6.45, 7) is 1.83. The number of esters is 1. The molecule has 0 saturated heterocycles. The minimum atomic E-state index is -4.44. The van der Waals surface area contributed by atoms with Crippen molar-refractivity contribution >= 4 is 17.7 Å². The minimum Gasteiger partial charge on any atom is -0.463 e. The van der Waals surface area contributed by atoms with Gasteiger partial charge in [-0.05, 0) is 36.8 Å². The quantitative estimate of drug-likeness (QED) is 0.516. The van der Waals surface area contributed by atoms with E-state index in [-0.39, 0.29) is 17.9 Å². The Hall–Kier alpha value is -1.98. The van der Waals surface area contributed by atoms with Crippen LogP contribution in [0.2, 0.25) is 0 Å². The summed E-state index contributed by atoms with van der Waals surface area (Å²) in [6.07, 6.45) is -2.21. The third-order valence-electron chi connectivity index (χ3n) is 2.10. The number of carbonyl (C=O) groups excluding carboxylic acids is 1. The lowest BCUT2D eigenvalue weighted by molar-refractivity contribution is -0.138. The lowest BCUT2D eigenvalue weighted by Crippen LogP contribution is -2.06. The Morgan fingerprint density at radius 1 is 1.44 bits per heavy atom. The van der Waals surface area contributed by atoms with Crippen molar-refractivity contribution in [3.05, 3.63) is 35.4 Å². The van der Waals surface area contributed by atoms with Crippen LogP contribution in [0.3, 0.4) is 0 Å². The number of alkyl halides is 3. The van der Waals surface area contributed by atoms with Crippen LogP contribution in [0.25, 0.3) is 6.08 Å². The fourth-order valence-electron chi connectivity index (χ4n) is 1.24. The van der Waals surface area contributed by atoms with E-state index in [4.69, 9.17) is 5.73 Å². The average Bonchev–Trinajstić information content (AvgIpc) is 2.26. The Bertz CT molecular complexity index is 467. The number of nitrogens with two attached hydrogens (primary N) is 1. The van der Waals surface area contributed by atoms with E-state index in [1.807, 2.05) is 0 Å². The van der Waals surface area contributed by atoms with Gasteiger partial charge in [0, 0.05) is 11.8 Å². The van der Waals surface area contributed by atoms with Gasteiger partial charge in [-0.3, -0.25) is 0 Å². The number of anilines is 1. The van der Waals surface area contributed by atoms with Gasteiger partial charge in [0.15, 0.2) is 0 Å². The highest BCUT2D eigenvalue weighted by Crippen LogP contribution is 2.31. The van der Waals surface area contributed by atoms with Crippen LogP contribution < -0.4 is 5.73 Å². The number of hydrogen-bond acceptors (Lipinski definition) is 3. The van der Waals surface area contributed by atoms with Crippen LogP contribution in [0.4, 0.5) is 18.9 Å². The normalized spacial score (nSPS) is 11.8. The Balaban J connectivity index is 2.98. The van der Waals surface area contributed by atoms with Gasteiger partial charge in [-0.15, -0.1) is 0 Å². The van der Waals surface area contributed by atoms with E-state index in [1.165, 1.54) is 6.08 Å². The second-order valence-electron chi connectivity index (χ2n) is 3.43. The Morgan fingerprint density at radius 3 is 2.67 bits per heavy atom. The molecule has 0 aromatic heterocycles. The molecule has 0 saturated carbocycles. The molecule has 0 aliphatic carbocycles. The summed E-state index contributed by atoms with van der Waals surface area (Å²) in [5.41, 5.74) is 4.98. The number of nitrogen functional groups attached to an aromatic ring is 1. The van der Waals surface area contributed by atoms with Gasteiger partial charge in [0.1, 0.15) is 0 Å². The number of halogens is 3. The van der Waals surface area contributed by atoms with Gasteiger partial charge < -0.3 is 10.5 Å². The van der Waals surface area contributed by atoms with E-state index in [0.29, 0.717) is 0 Å². The highest BCUT2D eigenvalue weighted by Gasteiger charge is 2.30. The summed E-state index contributed by atoms with van der Waals surface area (Å²) in [4.78, 5) is 11.0. The summed E-state index contributed by atoms with van der Waals surface area (Å²) in [5.74, 6) is -0.630. The lowest BCUT2D eigenvalue weighted by atomic mass is 10.1. The average molecular weight is 259 g/mol. The van der Waals surface area contributed by atoms with Crippen LogP contribution in [0.15, 0.2) is 24.3 Å². The largest absolute Gasteiger partial charge is 0.463 e. The number of ether oxygens (including phenoxy) is 1. The van der Waals surface area contributed by atoms with Crippen LogP contribution in [-0.2, 0) is 15.7 Å². The third-order valence-corrected chi connectivity index (χ3v) is 2.10. The van der Waals surface area contributed by atoms with E-state index in [9.17, 15) is 18.0 Å². The SMILES string of the molecule is CCOC(=O)C=Cc1cc(C(F)(F)F)ccc1N. The first-order valence-corrected chi connectivity index (χ1v) is 5.16. The number of carbonyl (C=O) groups is 1. The maximum atomic E-state index is 12.5. The monoisotopic (exact) mass is 259 g/mol. The number of rotatable bonds is 3. The molecule has 98 valence electrons. The number of hydrogen-bond donors (Lipinski definition) is 1. The molecule has 0 unspecified atom stereocenters. The zero-order chi connectivity index (χ0) is 13.8. The maximum Gasteiger partial charge on any atom is 0.416 e. The molecule has 3 nitrogen and oxygen atoms in total. The molecule has 0 amide bonds. The zero-order valence-corrected chi connectivity index (χ0v) is 9.62. The van der Waals surface area contributed by atoms with Gasteiger partial charge in [0.2, 0.25) is 0 Å². The molecule has 0 heterocycles. The van der Waals surface area contributed by atoms with Gasteiger partial charge in [-0.25, -0.2) is 4.79 Å². The molecule has 0 aliphatic rings. The molecule has 0 atom stereocenters. The van der Waals surface area contributed by atoms with Crippen molar-refractivity contribution in [2.45, 2.75) is 13.1 Å². The molecule has 1 rings (SSSR count). The van der Waals surface area contributed by atoms with Crippen molar-refractivity contribution in [1.29, 1.82) is 0 Å². The van der Waals surface area contributed by atoms with E-state index >= 15 is 0 Å². The summed E-state index contributed by atoms with van der Waals surface area (Å²) in [7, 11) is 0. The highest BCUT2D eigenvalue weighted by atomic mass is 19.4. The predicted octanol–water partition coefficient (Wildman–Crippen LogP) is 2.86. The Labute approximate surface area is 102 Å². The maximum absolute atomic E-state index is 12.5. The molecule has 2 N–H and O–H groups in total. The minimum absolute atomic E-state index is 0.123. The van der Waals surface area contributed by atoms with Crippen LogP contribution in [0.5, 0.6) is 0 Å². The van der Waals surface area contributed by atoms with Crippen molar-refractivity contribution in [2.24, 2.45) is 0 Å². The van der Waals surface area contributed by atoms with Crippen LogP contribution in [-0.4, -0.2) is 12.6 Å². The summed E-state index contributed by atoms with van der Waals surface area (Å²) in [5, 5.41) is 0. The molecule has 1 aromatic rings. The van der Waals surface area contributed by atoms with Crippen molar-refractivity contribution in [2.75, 3.05) is 12.3 Å². The van der Waals surface area contributed by atoms with Crippen LogP contribution in [0.1, 0.15) is 18.1 Å². The molecular formula is C12H12F3NO2. The lowest BCUT2D eigenvalue weighted by Gasteiger charge is -2.08. The fourth-order valence-corrected chi connectivity index (χ4v) is 1.24. The molecule has 0 bridgehead atoms. The van der Waals surface area contributed by atoms with Crippen molar-refractivity contribution in [1.82, 2.24) is 0 Å². The Morgan fingerprint density at radius 2 is 2.11 bits per heavy atom. The van der Waals surface area contributed by atoms with E-state index in [1.54, 1.807) is 6.92 Å². The predicted molar refractivity (Wildman–Crippen MR) is 61.5 cm³/mol. The van der Waals surface area contributed by atoms with Gasteiger partial charge in [0.25, 0.3) is 0 Å². The summed E-state index contributed by atoms with van der Waals surface area (Å²) >= 11 is 0. The van der Waals surface area contributed by atoms with Crippen LogP contribution in [0, 0.1) is 0 Å². The van der Waals surface area contributed by atoms with Gasteiger partial charge in [-0.2, -0.15) is 13.2 Å². The highest BCUT2D eigenvalue weighted by molar-refractivity contribution is 5.88. The second kappa shape index (κ2) is 5.57. The smallest absolute Gasteiger partial charge is 0.416 e. The Kier molecular flexibility index (Phi) is 4.36. The number of benzene rings is 1. The van der Waals surface area contributed by atoms with E-state index < -0.39 is 17.7 Å². The summed E-state index contributed by atoms with van der Waals surface area (Å²) in [6, 6.07) is 2.91. The third kappa shape index (κ3) is 3.80. The van der Waals surface area contributed by atoms with Gasteiger partial charge >= 0.3 is 12.1 Å². The molecule has 0 radical (unpaired) electrons. The second-order valence-corrected chi connectivity index (χ2v) is 3.43.